The number of thioether (sulfide) groups is 1. The van der Waals surface area contributed by atoms with Gasteiger partial charge in [0.05, 0.1) is 6.04 Å². The molecule has 1 saturated carbocycles. The van der Waals surface area contributed by atoms with Gasteiger partial charge in [-0.15, -0.1) is 0 Å². The molecule has 3 N–H and O–H groups in total. The molecule has 0 saturated heterocycles. The molecule has 0 unspecified atom stereocenters. The highest BCUT2D eigenvalue weighted by Crippen LogP contribution is 2.31. The molecule has 1 fully saturated rings. The van der Waals surface area contributed by atoms with E-state index in [-0.39, 0.29) is 17.5 Å². The van der Waals surface area contributed by atoms with Crippen molar-refractivity contribution in [2.45, 2.75) is 50.1 Å². The number of rotatable bonds is 7. The van der Waals surface area contributed by atoms with Crippen molar-refractivity contribution >= 4 is 17.7 Å². The molecule has 4 nitrogen and oxygen atoms in total. The zero-order valence-corrected chi connectivity index (χ0v) is 13.4. The van der Waals surface area contributed by atoms with Crippen LogP contribution < -0.4 is 11.1 Å². The lowest BCUT2D eigenvalue weighted by Crippen LogP contribution is -2.55. The summed E-state index contributed by atoms with van der Waals surface area (Å²) in [4.78, 5) is 14.3. The zero-order valence-electron chi connectivity index (χ0n) is 12.6. The van der Waals surface area contributed by atoms with Gasteiger partial charge >= 0.3 is 0 Å². The molecule has 0 radical (unpaired) electrons. The smallest absolute Gasteiger partial charge is 0.237 e. The summed E-state index contributed by atoms with van der Waals surface area (Å²) in [6.45, 7) is 0.728. The average molecular weight is 287 g/mol. The Kier molecular flexibility index (Phi) is 7.18. The molecule has 19 heavy (non-hydrogen) atoms. The van der Waals surface area contributed by atoms with Crippen LogP contribution in [0.2, 0.25) is 0 Å². The molecule has 0 bridgehead atoms. The number of carbonyl (C=O) groups excluding carboxylic acids is 1. The van der Waals surface area contributed by atoms with Gasteiger partial charge in [-0.25, -0.2) is 0 Å². The van der Waals surface area contributed by atoms with Crippen molar-refractivity contribution in [3.05, 3.63) is 0 Å². The Balaban J connectivity index is 2.45. The van der Waals surface area contributed by atoms with Crippen molar-refractivity contribution in [3.8, 4) is 0 Å². The Morgan fingerprint density at radius 3 is 2.53 bits per heavy atom. The molecule has 5 heteroatoms. The van der Waals surface area contributed by atoms with Crippen LogP contribution in [0.1, 0.15) is 38.5 Å². The fourth-order valence-corrected chi connectivity index (χ4v) is 3.24. The van der Waals surface area contributed by atoms with Crippen LogP contribution in [0.15, 0.2) is 0 Å². The number of nitrogens with two attached hydrogens (primary N) is 1. The summed E-state index contributed by atoms with van der Waals surface area (Å²) in [6, 6.07) is -0.366. The highest BCUT2D eigenvalue weighted by atomic mass is 32.2. The second kappa shape index (κ2) is 8.12. The predicted octanol–water partition coefficient (Wildman–Crippen LogP) is 1.45. The average Bonchev–Trinajstić information content (AvgIpc) is 2.42. The van der Waals surface area contributed by atoms with E-state index in [1.807, 2.05) is 6.26 Å². The van der Waals surface area contributed by atoms with Gasteiger partial charge in [-0.05, 0) is 45.4 Å². The molecule has 0 aromatic rings. The van der Waals surface area contributed by atoms with Crippen molar-refractivity contribution < 1.29 is 4.79 Å². The third kappa shape index (κ3) is 4.97. The topological polar surface area (TPSA) is 58.4 Å². The summed E-state index contributed by atoms with van der Waals surface area (Å²) in [5.41, 5.74) is 6.03. The third-order valence-corrected chi connectivity index (χ3v) is 4.94. The van der Waals surface area contributed by atoms with E-state index in [9.17, 15) is 4.79 Å². The number of hydrogen-bond acceptors (Lipinski definition) is 4. The van der Waals surface area contributed by atoms with Gasteiger partial charge in [0, 0.05) is 12.1 Å². The number of nitrogens with zero attached hydrogens (tertiary/aromatic N) is 1. The lowest BCUT2D eigenvalue weighted by Gasteiger charge is -2.43. The molecule has 0 spiro atoms. The van der Waals surface area contributed by atoms with Crippen molar-refractivity contribution in [1.29, 1.82) is 0 Å². The molecule has 1 aliphatic carbocycles. The first kappa shape index (κ1) is 16.8. The maximum Gasteiger partial charge on any atom is 0.237 e. The van der Waals surface area contributed by atoms with Crippen molar-refractivity contribution in [1.82, 2.24) is 10.2 Å². The molecular weight excluding hydrogens is 258 g/mol. The van der Waals surface area contributed by atoms with Crippen molar-refractivity contribution in [2.75, 3.05) is 32.6 Å². The van der Waals surface area contributed by atoms with Gasteiger partial charge < -0.3 is 16.0 Å². The van der Waals surface area contributed by atoms with E-state index in [0.717, 1.165) is 18.7 Å². The van der Waals surface area contributed by atoms with Gasteiger partial charge in [0.1, 0.15) is 0 Å². The van der Waals surface area contributed by atoms with E-state index >= 15 is 0 Å². The molecule has 1 rings (SSSR count). The first-order valence-electron chi connectivity index (χ1n) is 7.21. The Morgan fingerprint density at radius 1 is 1.37 bits per heavy atom. The van der Waals surface area contributed by atoms with Crippen LogP contribution in [-0.4, -0.2) is 55.0 Å². The van der Waals surface area contributed by atoms with Gasteiger partial charge in [-0.3, -0.25) is 4.79 Å². The highest BCUT2D eigenvalue weighted by molar-refractivity contribution is 7.98. The lowest BCUT2D eigenvalue weighted by molar-refractivity contribution is -0.123. The lowest BCUT2D eigenvalue weighted by atomic mass is 9.80. The number of hydrogen-bond donors (Lipinski definition) is 2. The Morgan fingerprint density at radius 2 is 2.00 bits per heavy atom. The summed E-state index contributed by atoms with van der Waals surface area (Å²) < 4.78 is 0. The van der Waals surface area contributed by atoms with E-state index < -0.39 is 0 Å². The zero-order chi connectivity index (χ0) is 14.3. The largest absolute Gasteiger partial charge is 0.353 e. The molecule has 0 aliphatic heterocycles. The molecule has 0 aromatic carbocycles. The van der Waals surface area contributed by atoms with Crippen LogP contribution in [-0.2, 0) is 4.79 Å². The van der Waals surface area contributed by atoms with Crippen LogP contribution in [0.5, 0.6) is 0 Å². The maximum atomic E-state index is 12.0. The summed E-state index contributed by atoms with van der Waals surface area (Å²) >= 11 is 1.73. The van der Waals surface area contributed by atoms with E-state index in [2.05, 4.69) is 24.3 Å². The van der Waals surface area contributed by atoms with E-state index in [1.54, 1.807) is 11.8 Å². The number of amides is 1. The minimum atomic E-state index is -0.366. The molecule has 1 atom stereocenters. The van der Waals surface area contributed by atoms with Gasteiger partial charge in [0.15, 0.2) is 0 Å². The van der Waals surface area contributed by atoms with Crippen LogP contribution >= 0.6 is 11.8 Å². The minimum Gasteiger partial charge on any atom is -0.353 e. The quantitative estimate of drug-likeness (QED) is 0.744. The second-order valence-corrected chi connectivity index (χ2v) is 6.77. The number of carbonyl (C=O) groups is 1. The van der Waals surface area contributed by atoms with Gasteiger partial charge in [-0.2, -0.15) is 11.8 Å². The van der Waals surface area contributed by atoms with Crippen LogP contribution in [0.3, 0.4) is 0 Å². The summed E-state index contributed by atoms with van der Waals surface area (Å²) in [5.74, 6) is 0.939. The summed E-state index contributed by atoms with van der Waals surface area (Å²) in [6.07, 6.45) is 8.95. The van der Waals surface area contributed by atoms with Crippen LogP contribution in [0.25, 0.3) is 0 Å². The van der Waals surface area contributed by atoms with Gasteiger partial charge in [0.25, 0.3) is 0 Å². The fourth-order valence-electron chi connectivity index (χ4n) is 2.75. The van der Waals surface area contributed by atoms with E-state index in [4.69, 9.17) is 5.73 Å². The second-order valence-electron chi connectivity index (χ2n) is 5.79. The monoisotopic (exact) mass is 287 g/mol. The molecule has 1 aliphatic rings. The molecule has 112 valence electrons. The predicted molar refractivity (Wildman–Crippen MR) is 83.5 cm³/mol. The summed E-state index contributed by atoms with van der Waals surface area (Å²) in [7, 11) is 4.23. The minimum absolute atomic E-state index is 0.000786. The van der Waals surface area contributed by atoms with Crippen LogP contribution in [0.4, 0.5) is 0 Å². The Bertz CT molecular complexity index is 278. The number of likely N-dealkylation sites (N-methyl/N-ethyl adjacent to an activating group) is 1. The SMILES string of the molecule is CSCC[C@@H](N)C(=O)NCC1(N(C)C)CCCCC1. The molecule has 0 aromatic heterocycles. The van der Waals surface area contributed by atoms with Crippen molar-refractivity contribution in [2.24, 2.45) is 5.73 Å². The van der Waals surface area contributed by atoms with Crippen LogP contribution in [0, 0.1) is 0 Å². The maximum absolute atomic E-state index is 12.0. The molecule has 1 amide bonds. The Hall–Kier alpha value is -0.260. The fraction of sp³-hybridized carbons (Fsp3) is 0.929. The van der Waals surface area contributed by atoms with Crippen molar-refractivity contribution in [3.63, 3.8) is 0 Å². The first-order chi connectivity index (χ1) is 9.02. The number of nitrogens with one attached hydrogen (secondary N) is 1. The van der Waals surface area contributed by atoms with E-state index in [1.165, 1.54) is 32.1 Å². The van der Waals surface area contributed by atoms with Gasteiger partial charge in [0.2, 0.25) is 5.91 Å². The molecule has 0 heterocycles. The van der Waals surface area contributed by atoms with E-state index in [0.29, 0.717) is 0 Å². The third-order valence-electron chi connectivity index (χ3n) is 4.29. The normalized spacial score (nSPS) is 20.3. The Labute approximate surface area is 121 Å². The highest BCUT2D eigenvalue weighted by Gasteiger charge is 2.34. The summed E-state index contributed by atoms with van der Waals surface area (Å²) in [5, 5.41) is 3.07. The standard InChI is InChI=1S/C14H29N3OS/c1-17(2)14(8-5-4-6-9-14)11-16-13(18)12(15)7-10-19-3/h12H,4-11,15H2,1-3H3,(H,16,18)/t12-/m1/s1. The first-order valence-corrected chi connectivity index (χ1v) is 8.61. The van der Waals surface area contributed by atoms with Gasteiger partial charge in [-0.1, -0.05) is 19.3 Å². The molecular formula is C14H29N3OS.